The van der Waals surface area contributed by atoms with Crippen molar-refractivity contribution in [2.45, 2.75) is 70.3 Å². The molecule has 42 heavy (non-hydrogen) atoms. The molecule has 0 heterocycles. The Kier molecular flexibility index (Phi) is 15.4. The van der Waals surface area contributed by atoms with Gasteiger partial charge in [0.05, 0.1) is 6.42 Å². The molecule has 6 amide bonds. The van der Waals surface area contributed by atoms with Crippen LogP contribution in [0.4, 0.5) is 4.79 Å². The zero-order chi connectivity index (χ0) is 31.8. The number of ether oxygens (including phenoxy) is 1. The summed E-state index contributed by atoms with van der Waals surface area (Å²) >= 11 is 3.85. The Labute approximate surface area is 248 Å². The molecular formula is C26H38N6O9S. The second kappa shape index (κ2) is 18.2. The molecule has 1 aromatic rings. The lowest BCUT2D eigenvalue weighted by Gasteiger charge is -2.27. The molecule has 0 bridgehead atoms. The van der Waals surface area contributed by atoms with Gasteiger partial charge < -0.3 is 42.6 Å². The molecule has 232 valence electrons. The molecule has 1 aromatic carbocycles. The molecule has 0 aliphatic carbocycles. The number of nitrogens with two attached hydrogens (primary N) is 2. The first kappa shape index (κ1) is 35.7. The van der Waals surface area contributed by atoms with Crippen LogP contribution >= 0.6 is 12.6 Å². The van der Waals surface area contributed by atoms with Gasteiger partial charge >= 0.3 is 12.1 Å². The summed E-state index contributed by atoms with van der Waals surface area (Å²) in [6.45, 7) is 3.42. The molecule has 5 atom stereocenters. The molecule has 15 nitrogen and oxygen atoms in total. The number of carboxylic acid groups (broad SMARTS) is 1. The first-order chi connectivity index (χ1) is 19.8. The lowest BCUT2D eigenvalue weighted by Crippen LogP contribution is -2.59. The van der Waals surface area contributed by atoms with Crippen LogP contribution in [0.3, 0.4) is 0 Å². The van der Waals surface area contributed by atoms with Gasteiger partial charge in [0.25, 0.3) is 0 Å². The molecule has 0 aliphatic heterocycles. The van der Waals surface area contributed by atoms with Gasteiger partial charge in [0.1, 0.15) is 30.8 Å². The van der Waals surface area contributed by atoms with Crippen LogP contribution < -0.4 is 32.7 Å². The van der Waals surface area contributed by atoms with Gasteiger partial charge in [-0.3, -0.25) is 24.0 Å². The van der Waals surface area contributed by atoms with E-state index in [0.717, 1.165) is 5.56 Å². The van der Waals surface area contributed by atoms with E-state index in [4.69, 9.17) is 16.2 Å². The van der Waals surface area contributed by atoms with Gasteiger partial charge in [-0.05, 0) is 17.9 Å². The minimum atomic E-state index is -1.61. The number of benzene rings is 1. The van der Waals surface area contributed by atoms with Crippen molar-refractivity contribution in [3.8, 4) is 0 Å². The van der Waals surface area contributed by atoms with E-state index >= 15 is 0 Å². The second-order valence-electron chi connectivity index (χ2n) is 9.45. The fraction of sp³-hybridized carbons (Fsp3) is 0.500. The number of carbonyl (C=O) groups excluding carboxylic acids is 6. The maximum Gasteiger partial charge on any atom is 0.408 e. The molecule has 0 saturated carbocycles. The molecule has 0 aromatic heterocycles. The molecule has 0 radical (unpaired) electrons. The number of aliphatic carboxylic acids is 1. The van der Waals surface area contributed by atoms with Gasteiger partial charge in [0.2, 0.25) is 29.5 Å². The predicted molar refractivity (Wildman–Crippen MR) is 153 cm³/mol. The van der Waals surface area contributed by atoms with Gasteiger partial charge in [-0.25, -0.2) is 9.59 Å². The SMILES string of the molecule is CC[C@H](C)[C@H](NC(=O)OCc1ccccc1)C(=O)N[C@@H](CCC(N)=O)C(=O)N[C@@H](CC(N)=O)C(=O)N[C@@H](CS)C(=O)O. The van der Waals surface area contributed by atoms with Crippen molar-refractivity contribution >= 4 is 54.2 Å². The third-order valence-electron chi connectivity index (χ3n) is 6.13. The Morgan fingerprint density at radius 1 is 0.857 bits per heavy atom. The van der Waals surface area contributed by atoms with E-state index in [2.05, 4.69) is 33.9 Å². The minimum absolute atomic E-state index is 0.0512. The van der Waals surface area contributed by atoms with Crippen LogP contribution in [-0.2, 0) is 40.1 Å². The molecule has 9 N–H and O–H groups in total. The van der Waals surface area contributed by atoms with Crippen molar-refractivity contribution < 1.29 is 43.4 Å². The number of thiol groups is 1. The molecule has 1 rings (SSSR count). The summed E-state index contributed by atoms with van der Waals surface area (Å²) < 4.78 is 5.20. The number of alkyl carbamates (subject to hydrolysis) is 1. The third-order valence-corrected chi connectivity index (χ3v) is 6.49. The highest BCUT2D eigenvalue weighted by Gasteiger charge is 2.33. The van der Waals surface area contributed by atoms with Crippen LogP contribution in [0.25, 0.3) is 0 Å². The van der Waals surface area contributed by atoms with E-state index in [1.54, 1.807) is 44.2 Å². The Morgan fingerprint density at radius 3 is 1.95 bits per heavy atom. The van der Waals surface area contributed by atoms with E-state index in [9.17, 15) is 38.7 Å². The maximum atomic E-state index is 13.3. The summed E-state index contributed by atoms with van der Waals surface area (Å²) in [5.41, 5.74) is 11.1. The van der Waals surface area contributed by atoms with Crippen molar-refractivity contribution in [2.24, 2.45) is 17.4 Å². The van der Waals surface area contributed by atoms with Gasteiger partial charge in [-0.2, -0.15) is 12.6 Å². The van der Waals surface area contributed by atoms with Gasteiger partial charge in [-0.1, -0.05) is 50.6 Å². The van der Waals surface area contributed by atoms with Crippen molar-refractivity contribution in [1.29, 1.82) is 0 Å². The fourth-order valence-electron chi connectivity index (χ4n) is 3.55. The van der Waals surface area contributed by atoms with Gasteiger partial charge in [0.15, 0.2) is 0 Å². The van der Waals surface area contributed by atoms with Crippen LogP contribution in [0, 0.1) is 5.92 Å². The standard InChI is InChI=1S/C26H38N6O9S/c1-3-14(2)21(32-26(40)41-12-15-7-5-4-6-8-15)24(37)29-16(9-10-19(27)33)22(35)30-17(11-20(28)34)23(36)31-18(13-42)25(38)39/h4-8,14,16-18,21,42H,3,9-13H2,1-2H3,(H2,27,33)(H2,28,34)(H,29,37)(H,30,35)(H,31,36)(H,32,40)(H,38,39)/t14-,16-,17-,18-,21-/m0/s1. The van der Waals surface area contributed by atoms with Crippen molar-refractivity contribution in [3.05, 3.63) is 35.9 Å². The minimum Gasteiger partial charge on any atom is -0.480 e. The summed E-state index contributed by atoms with van der Waals surface area (Å²) in [6.07, 6.45) is -1.76. The number of hydrogen-bond donors (Lipinski definition) is 8. The molecular weight excluding hydrogens is 572 g/mol. The topological polar surface area (TPSA) is 249 Å². The highest BCUT2D eigenvalue weighted by Crippen LogP contribution is 2.11. The van der Waals surface area contributed by atoms with Gasteiger partial charge in [0, 0.05) is 12.2 Å². The number of nitrogens with one attached hydrogen (secondary N) is 4. The molecule has 0 unspecified atom stereocenters. The number of rotatable bonds is 18. The second-order valence-corrected chi connectivity index (χ2v) is 9.81. The van der Waals surface area contributed by atoms with E-state index in [0.29, 0.717) is 6.42 Å². The normalized spacial score (nSPS) is 14.2. The molecule has 0 fully saturated rings. The first-order valence-electron chi connectivity index (χ1n) is 13.1. The Bertz CT molecular complexity index is 1120. The molecule has 0 spiro atoms. The smallest absolute Gasteiger partial charge is 0.408 e. The van der Waals surface area contributed by atoms with E-state index in [-0.39, 0.29) is 25.2 Å². The highest BCUT2D eigenvalue weighted by molar-refractivity contribution is 7.80. The number of hydrogen-bond acceptors (Lipinski definition) is 9. The zero-order valence-electron chi connectivity index (χ0n) is 23.3. The highest BCUT2D eigenvalue weighted by atomic mass is 32.1. The Balaban J connectivity index is 3.08. The van der Waals surface area contributed by atoms with Crippen LogP contribution in [0.1, 0.15) is 45.1 Å². The summed E-state index contributed by atoms with van der Waals surface area (Å²) in [5.74, 6) is -6.69. The fourth-order valence-corrected chi connectivity index (χ4v) is 3.80. The summed E-state index contributed by atoms with van der Waals surface area (Å²) in [5, 5.41) is 18.5. The number of amides is 6. The molecule has 16 heteroatoms. The average molecular weight is 611 g/mol. The van der Waals surface area contributed by atoms with Crippen LogP contribution in [0.15, 0.2) is 30.3 Å². The lowest BCUT2D eigenvalue weighted by molar-refractivity contribution is -0.141. The van der Waals surface area contributed by atoms with Crippen LogP contribution in [-0.4, -0.2) is 76.6 Å². The monoisotopic (exact) mass is 610 g/mol. The van der Waals surface area contributed by atoms with Crippen LogP contribution in [0.2, 0.25) is 0 Å². The average Bonchev–Trinajstić information content (AvgIpc) is 2.94. The Morgan fingerprint density at radius 2 is 1.43 bits per heavy atom. The van der Waals surface area contributed by atoms with Crippen molar-refractivity contribution in [1.82, 2.24) is 21.3 Å². The van der Waals surface area contributed by atoms with E-state index in [1.165, 1.54) is 0 Å². The third kappa shape index (κ3) is 12.9. The lowest BCUT2D eigenvalue weighted by atomic mass is 9.97. The summed E-state index contributed by atoms with van der Waals surface area (Å²) in [4.78, 5) is 85.9. The molecule has 0 aliphatic rings. The number of carbonyl (C=O) groups is 7. The van der Waals surface area contributed by atoms with Crippen LogP contribution in [0.5, 0.6) is 0 Å². The summed E-state index contributed by atoms with van der Waals surface area (Å²) in [6, 6.07) is 3.21. The maximum absolute atomic E-state index is 13.3. The van der Waals surface area contributed by atoms with Crippen molar-refractivity contribution in [2.75, 3.05) is 5.75 Å². The first-order valence-corrected chi connectivity index (χ1v) is 13.7. The quantitative estimate of drug-likeness (QED) is 0.0942. The van der Waals surface area contributed by atoms with Gasteiger partial charge in [-0.15, -0.1) is 0 Å². The zero-order valence-corrected chi connectivity index (χ0v) is 24.2. The summed E-state index contributed by atoms with van der Waals surface area (Å²) in [7, 11) is 0. The Hall–Kier alpha value is -4.34. The van der Waals surface area contributed by atoms with E-state index in [1.807, 2.05) is 0 Å². The van der Waals surface area contributed by atoms with Crippen molar-refractivity contribution in [3.63, 3.8) is 0 Å². The van der Waals surface area contributed by atoms with E-state index < -0.39 is 78.1 Å². The number of primary amides is 2. The number of carboxylic acids is 1. The largest absolute Gasteiger partial charge is 0.480 e. The predicted octanol–water partition coefficient (Wildman–Crippen LogP) is -1.06. The molecule has 0 saturated heterocycles.